The third-order valence-corrected chi connectivity index (χ3v) is 4.05. The lowest BCUT2D eigenvalue weighted by molar-refractivity contribution is -0.134. The normalized spacial score (nSPS) is 13.6. The second-order valence-electron chi connectivity index (χ2n) is 5.59. The van der Waals surface area contributed by atoms with E-state index < -0.39 is 0 Å². The highest BCUT2D eigenvalue weighted by Gasteiger charge is 2.11. The maximum Gasteiger partial charge on any atom is 0.310 e. The molecule has 2 heteroatoms. The van der Waals surface area contributed by atoms with Gasteiger partial charge in [-0.1, -0.05) is 43.3 Å². The number of hydrogen-bond donors (Lipinski definition) is 0. The van der Waals surface area contributed by atoms with Crippen LogP contribution in [-0.4, -0.2) is 5.97 Å². The summed E-state index contributed by atoms with van der Waals surface area (Å²) < 4.78 is 5.52. The van der Waals surface area contributed by atoms with Crippen LogP contribution in [0.1, 0.15) is 35.6 Å². The molecular weight excluding hydrogens is 260 g/mol. The molecule has 4 bridgehead atoms. The number of hydrogen-bond acceptors (Lipinski definition) is 2. The van der Waals surface area contributed by atoms with E-state index in [1.807, 2.05) is 13.0 Å². The first-order valence-corrected chi connectivity index (χ1v) is 7.65. The molecular formula is C19H20O2. The van der Waals surface area contributed by atoms with Crippen LogP contribution >= 0.6 is 0 Å². The van der Waals surface area contributed by atoms with Crippen LogP contribution < -0.4 is 4.74 Å². The van der Waals surface area contributed by atoms with Crippen LogP contribution in [0.15, 0.2) is 42.5 Å². The van der Waals surface area contributed by atoms with Crippen molar-refractivity contribution in [3.05, 3.63) is 64.7 Å². The van der Waals surface area contributed by atoms with E-state index >= 15 is 0 Å². The van der Waals surface area contributed by atoms with Gasteiger partial charge in [0.1, 0.15) is 5.75 Å². The third-order valence-electron chi connectivity index (χ3n) is 4.05. The lowest BCUT2D eigenvalue weighted by Gasteiger charge is -2.14. The number of benzene rings is 2. The van der Waals surface area contributed by atoms with Crippen molar-refractivity contribution in [2.24, 2.45) is 0 Å². The number of ether oxygens (including phenoxy) is 1. The van der Waals surface area contributed by atoms with E-state index in [-0.39, 0.29) is 5.97 Å². The first-order valence-electron chi connectivity index (χ1n) is 7.65. The van der Waals surface area contributed by atoms with Gasteiger partial charge in [0.05, 0.1) is 0 Å². The van der Waals surface area contributed by atoms with Gasteiger partial charge in [-0.05, 0) is 54.0 Å². The molecule has 0 unspecified atom stereocenters. The first kappa shape index (κ1) is 13.9. The number of esters is 1. The molecule has 0 saturated carbocycles. The van der Waals surface area contributed by atoms with Crippen molar-refractivity contribution in [1.82, 2.24) is 0 Å². The van der Waals surface area contributed by atoms with Crippen molar-refractivity contribution < 1.29 is 9.53 Å². The van der Waals surface area contributed by atoms with Gasteiger partial charge in [0.2, 0.25) is 0 Å². The average molecular weight is 280 g/mol. The minimum absolute atomic E-state index is 0.163. The summed E-state index contributed by atoms with van der Waals surface area (Å²) in [6.45, 7) is 1.82. The van der Waals surface area contributed by atoms with Crippen molar-refractivity contribution in [3.8, 4) is 5.75 Å². The van der Waals surface area contributed by atoms with Crippen LogP contribution in [0.4, 0.5) is 0 Å². The van der Waals surface area contributed by atoms with Crippen LogP contribution in [-0.2, 0) is 30.5 Å². The Bertz CT molecular complexity index is 641. The predicted octanol–water partition coefficient (Wildman–Crippen LogP) is 3.89. The SMILES string of the molecule is CCC(=O)Oc1cc2ccc1CCc1ccc(cc1)CC2. The van der Waals surface area contributed by atoms with Crippen molar-refractivity contribution in [3.63, 3.8) is 0 Å². The molecule has 0 aromatic heterocycles. The number of carbonyl (C=O) groups excluding carboxylic acids is 1. The van der Waals surface area contributed by atoms with Crippen molar-refractivity contribution in [2.75, 3.05) is 0 Å². The number of aryl methyl sites for hydroxylation is 4. The Balaban J connectivity index is 1.93. The van der Waals surface area contributed by atoms with E-state index in [1.165, 1.54) is 16.7 Å². The highest BCUT2D eigenvalue weighted by Crippen LogP contribution is 2.25. The second-order valence-corrected chi connectivity index (χ2v) is 5.59. The predicted molar refractivity (Wildman–Crippen MR) is 83.6 cm³/mol. The Kier molecular flexibility index (Phi) is 4.05. The van der Waals surface area contributed by atoms with Crippen LogP contribution in [0.5, 0.6) is 5.75 Å². The summed E-state index contributed by atoms with van der Waals surface area (Å²) in [5.74, 6) is 0.582. The molecule has 6 rings (SSSR count). The molecule has 2 nitrogen and oxygen atoms in total. The fraction of sp³-hybridized carbons (Fsp3) is 0.316. The average Bonchev–Trinajstić information content (AvgIpc) is 2.50. The topological polar surface area (TPSA) is 26.3 Å². The van der Waals surface area contributed by atoms with Crippen molar-refractivity contribution in [1.29, 1.82) is 0 Å². The summed E-state index contributed by atoms with van der Waals surface area (Å²) >= 11 is 0. The van der Waals surface area contributed by atoms with E-state index in [4.69, 9.17) is 4.74 Å². The Morgan fingerprint density at radius 3 is 2.14 bits per heavy atom. The lowest BCUT2D eigenvalue weighted by Crippen LogP contribution is -2.09. The van der Waals surface area contributed by atoms with Gasteiger partial charge in [0.15, 0.2) is 0 Å². The zero-order valence-electron chi connectivity index (χ0n) is 12.4. The minimum Gasteiger partial charge on any atom is -0.426 e. The lowest BCUT2D eigenvalue weighted by atomic mass is 9.96. The molecule has 2 aromatic rings. The molecule has 0 N–H and O–H groups in total. The summed E-state index contributed by atoms with van der Waals surface area (Å²) in [7, 11) is 0. The molecule has 108 valence electrons. The fourth-order valence-electron chi connectivity index (χ4n) is 2.69. The summed E-state index contributed by atoms with van der Waals surface area (Å²) in [5.41, 5.74) is 5.03. The summed E-state index contributed by atoms with van der Waals surface area (Å²) in [6.07, 6.45) is 4.25. The monoisotopic (exact) mass is 280 g/mol. The summed E-state index contributed by atoms with van der Waals surface area (Å²) in [5, 5.41) is 0. The van der Waals surface area contributed by atoms with Gasteiger partial charge >= 0.3 is 5.97 Å². The maximum atomic E-state index is 11.6. The Morgan fingerprint density at radius 2 is 1.48 bits per heavy atom. The first-order chi connectivity index (χ1) is 10.2. The molecule has 0 saturated heterocycles. The van der Waals surface area contributed by atoms with Crippen LogP contribution in [0.3, 0.4) is 0 Å². The molecule has 0 heterocycles. The molecule has 2 aromatic carbocycles. The molecule has 0 amide bonds. The Morgan fingerprint density at radius 1 is 0.905 bits per heavy atom. The zero-order chi connectivity index (χ0) is 14.7. The van der Waals surface area contributed by atoms with Crippen LogP contribution in [0.2, 0.25) is 0 Å². The molecule has 21 heavy (non-hydrogen) atoms. The summed E-state index contributed by atoms with van der Waals surface area (Å²) in [4.78, 5) is 11.6. The van der Waals surface area contributed by atoms with E-state index in [9.17, 15) is 4.79 Å². The summed E-state index contributed by atoms with van der Waals surface area (Å²) in [6, 6.07) is 15.2. The maximum absolute atomic E-state index is 11.6. The van der Waals surface area contributed by atoms with Gasteiger partial charge in [0, 0.05) is 6.42 Å². The molecule has 4 aliphatic carbocycles. The molecule has 0 radical (unpaired) electrons. The zero-order valence-corrected chi connectivity index (χ0v) is 12.4. The van der Waals surface area contributed by atoms with E-state index in [0.717, 1.165) is 37.0 Å². The smallest absolute Gasteiger partial charge is 0.310 e. The standard InChI is InChI=1S/C19H20O2/c1-2-19(20)21-18-13-16-8-7-14-3-5-15(6-4-14)9-11-17(18)12-10-16/h3-6,10,12-13H,2,7-9,11H2,1H3. The van der Waals surface area contributed by atoms with E-state index in [1.54, 1.807) is 0 Å². The van der Waals surface area contributed by atoms with Gasteiger partial charge in [0.25, 0.3) is 0 Å². The quantitative estimate of drug-likeness (QED) is 0.616. The van der Waals surface area contributed by atoms with Crippen LogP contribution in [0.25, 0.3) is 0 Å². The third kappa shape index (κ3) is 3.33. The van der Waals surface area contributed by atoms with Crippen LogP contribution in [0, 0.1) is 0 Å². The van der Waals surface area contributed by atoms with Gasteiger partial charge < -0.3 is 4.74 Å². The fourth-order valence-corrected chi connectivity index (χ4v) is 2.69. The molecule has 0 aliphatic heterocycles. The van der Waals surface area contributed by atoms with Gasteiger partial charge in [-0.15, -0.1) is 0 Å². The van der Waals surface area contributed by atoms with E-state index in [0.29, 0.717) is 6.42 Å². The molecule has 0 atom stereocenters. The number of carbonyl (C=O) groups is 1. The van der Waals surface area contributed by atoms with E-state index in [2.05, 4.69) is 36.4 Å². The molecule has 4 aliphatic rings. The van der Waals surface area contributed by atoms with Gasteiger partial charge in [-0.2, -0.15) is 0 Å². The second kappa shape index (κ2) is 6.13. The number of rotatable bonds is 2. The molecule has 0 fully saturated rings. The largest absolute Gasteiger partial charge is 0.426 e. The highest BCUT2D eigenvalue weighted by molar-refractivity contribution is 5.72. The Hall–Kier alpha value is -2.09. The highest BCUT2D eigenvalue weighted by atomic mass is 16.5. The Labute approximate surface area is 125 Å². The van der Waals surface area contributed by atoms with Crippen molar-refractivity contribution >= 4 is 5.97 Å². The van der Waals surface area contributed by atoms with Gasteiger partial charge in [-0.25, -0.2) is 0 Å². The molecule has 0 spiro atoms. The minimum atomic E-state index is -0.163. The van der Waals surface area contributed by atoms with Crippen molar-refractivity contribution in [2.45, 2.75) is 39.0 Å². The van der Waals surface area contributed by atoms with Gasteiger partial charge in [-0.3, -0.25) is 4.79 Å².